The number of aryl methyl sites for hydroxylation is 1. The second kappa shape index (κ2) is 8.07. The minimum Gasteiger partial charge on any atom is -0.339 e. The first-order valence-corrected chi connectivity index (χ1v) is 11.4. The highest BCUT2D eigenvalue weighted by molar-refractivity contribution is 7.89. The van der Waals surface area contributed by atoms with Crippen molar-refractivity contribution in [2.45, 2.75) is 30.6 Å². The molecule has 0 unspecified atom stereocenters. The zero-order valence-electron chi connectivity index (χ0n) is 15.7. The highest BCUT2D eigenvalue weighted by Crippen LogP contribution is 2.33. The van der Waals surface area contributed by atoms with E-state index in [0.717, 1.165) is 11.1 Å². The second-order valence-electron chi connectivity index (χ2n) is 7.08. The van der Waals surface area contributed by atoms with Gasteiger partial charge in [-0.15, -0.1) is 0 Å². The molecule has 3 aromatic rings. The summed E-state index contributed by atoms with van der Waals surface area (Å²) < 4.78 is 32.8. The van der Waals surface area contributed by atoms with Gasteiger partial charge in [0.05, 0.1) is 5.02 Å². The molecule has 0 aliphatic carbocycles. The number of aromatic nitrogens is 2. The standard InChI is InChI=1S/C20H19Cl2N3O3S/c1-13-3-2-4-15(11-13)19-23-20(28-24-19)14-7-9-25(10-8-14)29(26,27)18-12-16(21)5-6-17(18)22/h2-6,11-12,14H,7-10H2,1H3. The van der Waals surface area contributed by atoms with Gasteiger partial charge in [-0.25, -0.2) is 8.42 Å². The number of hydrogen-bond donors (Lipinski definition) is 0. The van der Waals surface area contributed by atoms with Crippen molar-refractivity contribution in [2.24, 2.45) is 0 Å². The summed E-state index contributed by atoms with van der Waals surface area (Å²) in [6.45, 7) is 2.70. The van der Waals surface area contributed by atoms with Gasteiger partial charge in [-0.3, -0.25) is 0 Å². The normalized spacial score (nSPS) is 16.2. The smallest absolute Gasteiger partial charge is 0.244 e. The average Bonchev–Trinajstić information content (AvgIpc) is 3.20. The molecule has 2 aromatic carbocycles. The Hall–Kier alpha value is -1.93. The first-order chi connectivity index (χ1) is 13.8. The molecule has 1 aromatic heterocycles. The molecule has 1 saturated heterocycles. The van der Waals surface area contributed by atoms with Gasteiger partial charge in [0.25, 0.3) is 0 Å². The summed E-state index contributed by atoms with van der Waals surface area (Å²) in [6.07, 6.45) is 1.18. The van der Waals surface area contributed by atoms with Crippen molar-refractivity contribution in [1.29, 1.82) is 0 Å². The fourth-order valence-corrected chi connectivity index (χ4v) is 5.67. The predicted molar refractivity (Wildman–Crippen MR) is 112 cm³/mol. The van der Waals surface area contributed by atoms with Gasteiger partial charge < -0.3 is 4.52 Å². The molecule has 9 heteroatoms. The Morgan fingerprint density at radius 1 is 1.10 bits per heavy atom. The molecule has 0 atom stereocenters. The zero-order valence-corrected chi connectivity index (χ0v) is 18.0. The Labute approximate surface area is 179 Å². The molecule has 0 saturated carbocycles. The van der Waals surface area contributed by atoms with Crippen molar-refractivity contribution in [2.75, 3.05) is 13.1 Å². The van der Waals surface area contributed by atoms with E-state index in [0.29, 0.717) is 42.7 Å². The van der Waals surface area contributed by atoms with E-state index < -0.39 is 10.0 Å². The average molecular weight is 452 g/mol. The summed E-state index contributed by atoms with van der Waals surface area (Å²) in [5, 5.41) is 4.58. The Kier molecular flexibility index (Phi) is 5.66. The lowest BCUT2D eigenvalue weighted by atomic mass is 9.98. The Bertz CT molecular complexity index is 1140. The summed E-state index contributed by atoms with van der Waals surface area (Å²) in [7, 11) is -3.71. The van der Waals surface area contributed by atoms with E-state index in [-0.39, 0.29) is 15.8 Å². The van der Waals surface area contributed by atoms with Crippen molar-refractivity contribution in [3.63, 3.8) is 0 Å². The molecule has 2 heterocycles. The number of sulfonamides is 1. The van der Waals surface area contributed by atoms with Crippen LogP contribution in [0.1, 0.15) is 30.2 Å². The monoisotopic (exact) mass is 451 g/mol. The fourth-order valence-electron chi connectivity index (χ4n) is 3.46. The van der Waals surface area contributed by atoms with Crippen LogP contribution in [0, 0.1) is 6.92 Å². The lowest BCUT2D eigenvalue weighted by molar-refractivity contribution is 0.271. The van der Waals surface area contributed by atoms with Crippen LogP contribution in [0.3, 0.4) is 0 Å². The predicted octanol–water partition coefficient (Wildman–Crippen LogP) is 4.92. The van der Waals surface area contributed by atoms with Crippen LogP contribution in [-0.2, 0) is 10.0 Å². The van der Waals surface area contributed by atoms with Crippen LogP contribution in [0.15, 0.2) is 51.9 Å². The maximum atomic E-state index is 13.0. The van der Waals surface area contributed by atoms with Crippen molar-refractivity contribution < 1.29 is 12.9 Å². The van der Waals surface area contributed by atoms with Crippen LogP contribution in [0.2, 0.25) is 10.0 Å². The molecule has 152 valence electrons. The maximum absolute atomic E-state index is 13.0. The third-order valence-electron chi connectivity index (χ3n) is 5.03. The van der Waals surface area contributed by atoms with Crippen molar-refractivity contribution >= 4 is 33.2 Å². The zero-order chi connectivity index (χ0) is 20.6. The number of hydrogen-bond acceptors (Lipinski definition) is 5. The number of halogens is 2. The molecule has 1 aliphatic rings. The van der Waals surface area contributed by atoms with E-state index in [1.54, 1.807) is 6.07 Å². The van der Waals surface area contributed by atoms with Gasteiger partial charge in [0, 0.05) is 29.6 Å². The van der Waals surface area contributed by atoms with Crippen LogP contribution in [-0.4, -0.2) is 36.0 Å². The third kappa shape index (κ3) is 4.19. The van der Waals surface area contributed by atoms with E-state index in [1.165, 1.54) is 16.4 Å². The molecule has 1 fully saturated rings. The largest absolute Gasteiger partial charge is 0.339 e. The number of nitrogens with zero attached hydrogens (tertiary/aromatic N) is 3. The lowest BCUT2D eigenvalue weighted by Gasteiger charge is -2.29. The molecule has 0 spiro atoms. The summed E-state index contributed by atoms with van der Waals surface area (Å²) in [4.78, 5) is 4.56. The number of piperidine rings is 1. The molecule has 6 nitrogen and oxygen atoms in total. The molecule has 0 radical (unpaired) electrons. The van der Waals surface area contributed by atoms with E-state index in [2.05, 4.69) is 10.1 Å². The molecular formula is C20H19Cl2N3O3S. The SMILES string of the molecule is Cc1cccc(-c2noc(C3CCN(S(=O)(=O)c4cc(Cl)ccc4Cl)CC3)n2)c1. The molecule has 0 bridgehead atoms. The molecule has 0 amide bonds. The van der Waals surface area contributed by atoms with Crippen LogP contribution < -0.4 is 0 Å². The number of rotatable bonds is 4. The van der Waals surface area contributed by atoms with E-state index in [4.69, 9.17) is 27.7 Å². The van der Waals surface area contributed by atoms with Gasteiger partial charge in [-0.05, 0) is 44.0 Å². The highest BCUT2D eigenvalue weighted by atomic mass is 35.5. The topological polar surface area (TPSA) is 76.3 Å². The first-order valence-electron chi connectivity index (χ1n) is 9.20. The highest BCUT2D eigenvalue weighted by Gasteiger charge is 2.33. The van der Waals surface area contributed by atoms with E-state index in [1.807, 2.05) is 31.2 Å². The van der Waals surface area contributed by atoms with Crippen LogP contribution in [0.5, 0.6) is 0 Å². The lowest BCUT2D eigenvalue weighted by Crippen LogP contribution is -2.38. The van der Waals surface area contributed by atoms with Gasteiger partial charge in [0.15, 0.2) is 0 Å². The number of benzene rings is 2. The second-order valence-corrected chi connectivity index (χ2v) is 9.83. The first kappa shape index (κ1) is 20.3. The van der Waals surface area contributed by atoms with E-state index in [9.17, 15) is 8.42 Å². The van der Waals surface area contributed by atoms with Crippen molar-refractivity contribution in [1.82, 2.24) is 14.4 Å². The van der Waals surface area contributed by atoms with Gasteiger partial charge in [0.2, 0.25) is 21.7 Å². The van der Waals surface area contributed by atoms with E-state index >= 15 is 0 Å². The summed E-state index contributed by atoms with van der Waals surface area (Å²) >= 11 is 12.1. The van der Waals surface area contributed by atoms with Crippen molar-refractivity contribution in [3.8, 4) is 11.4 Å². The van der Waals surface area contributed by atoms with Gasteiger partial charge in [-0.1, -0.05) is 52.1 Å². The van der Waals surface area contributed by atoms with Crippen LogP contribution in [0.4, 0.5) is 0 Å². The van der Waals surface area contributed by atoms with Crippen LogP contribution >= 0.6 is 23.2 Å². The molecule has 29 heavy (non-hydrogen) atoms. The Morgan fingerprint density at radius 2 is 1.86 bits per heavy atom. The molecule has 0 N–H and O–H groups in total. The Morgan fingerprint density at radius 3 is 2.59 bits per heavy atom. The molecule has 1 aliphatic heterocycles. The summed E-state index contributed by atoms with van der Waals surface area (Å²) in [6, 6.07) is 12.3. The van der Waals surface area contributed by atoms with Gasteiger partial charge in [-0.2, -0.15) is 9.29 Å². The molecular weight excluding hydrogens is 433 g/mol. The minimum absolute atomic E-state index is 0.0161. The molecule has 4 rings (SSSR count). The minimum atomic E-state index is -3.71. The Balaban J connectivity index is 1.48. The quantitative estimate of drug-likeness (QED) is 0.562. The van der Waals surface area contributed by atoms with Gasteiger partial charge >= 0.3 is 0 Å². The maximum Gasteiger partial charge on any atom is 0.244 e. The summed E-state index contributed by atoms with van der Waals surface area (Å²) in [5.41, 5.74) is 2.02. The fraction of sp³-hybridized carbons (Fsp3) is 0.300. The van der Waals surface area contributed by atoms with Crippen molar-refractivity contribution in [3.05, 3.63) is 64.0 Å². The van der Waals surface area contributed by atoms with Gasteiger partial charge in [0.1, 0.15) is 4.90 Å². The van der Waals surface area contributed by atoms with Crippen LogP contribution in [0.25, 0.3) is 11.4 Å². The third-order valence-corrected chi connectivity index (χ3v) is 7.65. The summed E-state index contributed by atoms with van der Waals surface area (Å²) in [5.74, 6) is 1.10.